The van der Waals surface area contributed by atoms with Gasteiger partial charge in [-0.1, -0.05) is 6.92 Å². The highest BCUT2D eigenvalue weighted by molar-refractivity contribution is 5.47. The fraction of sp³-hybridized carbons (Fsp3) is 0.667. The number of alkyl halides is 3. The average Bonchev–Trinajstić information content (AvgIpc) is 2.92. The van der Waals surface area contributed by atoms with E-state index in [0.29, 0.717) is 12.1 Å². The second kappa shape index (κ2) is 5.48. The molecule has 2 fully saturated rings. The molecule has 3 heterocycles. The minimum Gasteiger partial charge on any atom is -0.364 e. The number of piperazine rings is 1. The maximum atomic E-state index is 12.6. The zero-order chi connectivity index (χ0) is 15.0. The third-order valence-electron chi connectivity index (χ3n) is 4.63. The average molecular weight is 299 g/mol. The van der Waals surface area contributed by atoms with E-state index >= 15 is 0 Å². The maximum Gasteiger partial charge on any atom is 0.433 e. The Morgan fingerprint density at radius 3 is 2.71 bits per heavy atom. The van der Waals surface area contributed by atoms with E-state index in [1.807, 2.05) is 0 Å². The van der Waals surface area contributed by atoms with Crippen LogP contribution in [0.15, 0.2) is 18.3 Å². The van der Waals surface area contributed by atoms with Gasteiger partial charge in [0.05, 0.1) is 11.9 Å². The number of hydrogen-bond donors (Lipinski definition) is 0. The fourth-order valence-corrected chi connectivity index (χ4v) is 3.48. The normalized spacial score (nSPS) is 27.0. The summed E-state index contributed by atoms with van der Waals surface area (Å²) in [5.74, 6) is 0. The molecule has 0 saturated carbocycles. The lowest BCUT2D eigenvalue weighted by molar-refractivity contribution is -0.141. The predicted molar refractivity (Wildman–Crippen MR) is 75.3 cm³/mol. The zero-order valence-electron chi connectivity index (χ0n) is 12.1. The molecule has 0 aromatic carbocycles. The Kier molecular flexibility index (Phi) is 3.82. The smallest absolute Gasteiger partial charge is 0.364 e. The van der Waals surface area contributed by atoms with Crippen molar-refractivity contribution in [1.82, 2.24) is 9.88 Å². The SMILES string of the molecule is CCC1CN2CCCC2CN1c1ccc(C(F)(F)F)nc1. The van der Waals surface area contributed by atoms with Crippen molar-refractivity contribution >= 4 is 5.69 Å². The predicted octanol–water partition coefficient (Wildman–Crippen LogP) is 3.16. The molecule has 2 unspecified atom stereocenters. The number of nitrogens with zero attached hydrogens (tertiary/aromatic N) is 3. The molecule has 2 atom stereocenters. The lowest BCUT2D eigenvalue weighted by atomic mass is 10.0. The zero-order valence-corrected chi connectivity index (χ0v) is 12.1. The molecule has 2 aliphatic heterocycles. The Bertz CT molecular complexity index is 486. The molecule has 3 rings (SSSR count). The van der Waals surface area contributed by atoms with Gasteiger partial charge in [0, 0.05) is 25.2 Å². The van der Waals surface area contributed by atoms with Crippen molar-refractivity contribution in [3.05, 3.63) is 24.0 Å². The van der Waals surface area contributed by atoms with Gasteiger partial charge in [0.2, 0.25) is 0 Å². The summed E-state index contributed by atoms with van der Waals surface area (Å²) in [5.41, 5.74) is -0.0137. The number of fused-ring (bicyclic) bond motifs is 1. The highest BCUT2D eigenvalue weighted by Gasteiger charge is 2.36. The molecular weight excluding hydrogens is 279 g/mol. The summed E-state index contributed by atoms with van der Waals surface area (Å²) in [6.07, 6.45) is 0.397. The van der Waals surface area contributed by atoms with Gasteiger partial charge in [0.15, 0.2) is 0 Å². The summed E-state index contributed by atoms with van der Waals surface area (Å²) >= 11 is 0. The lowest BCUT2D eigenvalue weighted by Gasteiger charge is -2.44. The molecule has 116 valence electrons. The van der Waals surface area contributed by atoms with Crippen molar-refractivity contribution in [2.45, 2.75) is 44.4 Å². The van der Waals surface area contributed by atoms with Crippen LogP contribution in [0.2, 0.25) is 0 Å². The van der Waals surface area contributed by atoms with Gasteiger partial charge in [-0.25, -0.2) is 4.98 Å². The van der Waals surface area contributed by atoms with Gasteiger partial charge in [-0.2, -0.15) is 13.2 Å². The lowest BCUT2D eigenvalue weighted by Crippen LogP contribution is -2.56. The summed E-state index contributed by atoms with van der Waals surface area (Å²) in [5, 5.41) is 0. The van der Waals surface area contributed by atoms with E-state index in [0.717, 1.165) is 37.8 Å². The molecule has 0 radical (unpaired) electrons. The van der Waals surface area contributed by atoms with Crippen LogP contribution in [0, 0.1) is 0 Å². The van der Waals surface area contributed by atoms with E-state index < -0.39 is 11.9 Å². The first-order valence-electron chi connectivity index (χ1n) is 7.53. The molecule has 6 heteroatoms. The van der Waals surface area contributed by atoms with Crippen LogP contribution in [0.3, 0.4) is 0 Å². The number of anilines is 1. The van der Waals surface area contributed by atoms with Crippen molar-refractivity contribution in [3.63, 3.8) is 0 Å². The third-order valence-corrected chi connectivity index (χ3v) is 4.63. The Balaban J connectivity index is 1.81. The number of hydrogen-bond acceptors (Lipinski definition) is 3. The Hall–Kier alpha value is -1.30. The summed E-state index contributed by atoms with van der Waals surface area (Å²) in [4.78, 5) is 8.35. The van der Waals surface area contributed by atoms with Crippen molar-refractivity contribution in [3.8, 4) is 0 Å². The first kappa shape index (κ1) is 14.6. The molecule has 0 aliphatic carbocycles. The first-order chi connectivity index (χ1) is 9.99. The van der Waals surface area contributed by atoms with Gasteiger partial charge in [0.25, 0.3) is 0 Å². The maximum absolute atomic E-state index is 12.6. The molecule has 2 aliphatic rings. The van der Waals surface area contributed by atoms with Gasteiger partial charge in [-0.3, -0.25) is 4.90 Å². The van der Waals surface area contributed by atoms with Crippen molar-refractivity contribution in [1.29, 1.82) is 0 Å². The summed E-state index contributed by atoms with van der Waals surface area (Å²) in [6, 6.07) is 3.54. The quantitative estimate of drug-likeness (QED) is 0.836. The van der Waals surface area contributed by atoms with Crippen molar-refractivity contribution in [2.24, 2.45) is 0 Å². The van der Waals surface area contributed by atoms with Gasteiger partial charge >= 0.3 is 6.18 Å². The highest BCUT2D eigenvalue weighted by Crippen LogP contribution is 2.32. The van der Waals surface area contributed by atoms with Gasteiger partial charge < -0.3 is 4.90 Å². The van der Waals surface area contributed by atoms with Gasteiger partial charge in [-0.15, -0.1) is 0 Å². The topological polar surface area (TPSA) is 19.4 Å². The largest absolute Gasteiger partial charge is 0.433 e. The van der Waals surface area contributed by atoms with E-state index in [1.165, 1.54) is 19.0 Å². The Labute approximate surface area is 122 Å². The third kappa shape index (κ3) is 2.86. The van der Waals surface area contributed by atoms with E-state index in [2.05, 4.69) is 21.7 Å². The molecule has 0 spiro atoms. The molecule has 0 bridgehead atoms. The van der Waals surface area contributed by atoms with Crippen LogP contribution in [-0.2, 0) is 6.18 Å². The van der Waals surface area contributed by atoms with E-state index in [4.69, 9.17) is 0 Å². The minimum absolute atomic E-state index is 0.359. The molecule has 21 heavy (non-hydrogen) atoms. The van der Waals surface area contributed by atoms with Crippen LogP contribution >= 0.6 is 0 Å². The Morgan fingerprint density at radius 2 is 2.10 bits per heavy atom. The van der Waals surface area contributed by atoms with Gasteiger partial charge in [0.1, 0.15) is 5.69 Å². The van der Waals surface area contributed by atoms with Crippen LogP contribution in [0.1, 0.15) is 31.9 Å². The van der Waals surface area contributed by atoms with E-state index in [-0.39, 0.29) is 0 Å². The van der Waals surface area contributed by atoms with Crippen LogP contribution in [0.25, 0.3) is 0 Å². The van der Waals surface area contributed by atoms with Gasteiger partial charge in [-0.05, 0) is 37.9 Å². The summed E-state index contributed by atoms with van der Waals surface area (Å²) < 4.78 is 37.8. The second-order valence-corrected chi connectivity index (χ2v) is 5.90. The van der Waals surface area contributed by atoms with Crippen LogP contribution in [0.5, 0.6) is 0 Å². The standard InChI is InChI=1S/C15H20F3N3/c1-2-11-9-20-7-3-4-13(20)10-21(11)12-5-6-14(19-8-12)15(16,17)18/h5-6,8,11,13H,2-4,7,9-10H2,1H3. The van der Waals surface area contributed by atoms with E-state index in [1.54, 1.807) is 6.07 Å². The molecular formula is C15H20F3N3. The molecule has 0 N–H and O–H groups in total. The van der Waals surface area contributed by atoms with Crippen molar-refractivity contribution < 1.29 is 13.2 Å². The summed E-state index contributed by atoms with van der Waals surface area (Å²) in [6.45, 7) is 5.18. The minimum atomic E-state index is -4.37. The number of rotatable bonds is 2. The van der Waals surface area contributed by atoms with Crippen LogP contribution in [0.4, 0.5) is 18.9 Å². The monoisotopic (exact) mass is 299 g/mol. The van der Waals surface area contributed by atoms with E-state index in [9.17, 15) is 13.2 Å². The Morgan fingerprint density at radius 1 is 1.29 bits per heavy atom. The van der Waals surface area contributed by atoms with Crippen LogP contribution < -0.4 is 4.90 Å². The molecule has 3 nitrogen and oxygen atoms in total. The second-order valence-electron chi connectivity index (χ2n) is 5.90. The fourth-order valence-electron chi connectivity index (χ4n) is 3.48. The highest BCUT2D eigenvalue weighted by atomic mass is 19.4. The van der Waals surface area contributed by atoms with Crippen molar-refractivity contribution in [2.75, 3.05) is 24.5 Å². The molecule has 1 aromatic rings. The number of pyridine rings is 1. The number of halogens is 3. The van der Waals surface area contributed by atoms with Crippen LogP contribution in [-0.4, -0.2) is 41.6 Å². The summed E-state index contributed by atoms with van der Waals surface area (Å²) in [7, 11) is 0. The molecule has 1 aromatic heterocycles. The number of aromatic nitrogens is 1. The molecule has 0 amide bonds. The first-order valence-corrected chi connectivity index (χ1v) is 7.53. The molecule has 2 saturated heterocycles.